The first-order valence-corrected chi connectivity index (χ1v) is 7.51. The van der Waals surface area contributed by atoms with Crippen LogP contribution in [0, 0.1) is 0 Å². The fourth-order valence-corrected chi connectivity index (χ4v) is 2.39. The molecule has 0 radical (unpaired) electrons. The maximum absolute atomic E-state index is 12.0. The van der Waals surface area contributed by atoms with Gasteiger partial charge in [-0.25, -0.2) is 0 Å². The summed E-state index contributed by atoms with van der Waals surface area (Å²) in [4.78, 5) is 14.1. The second-order valence-electron chi connectivity index (χ2n) is 5.35. The highest BCUT2D eigenvalue weighted by Crippen LogP contribution is 2.23. The molecule has 1 heterocycles. The van der Waals surface area contributed by atoms with E-state index in [1.165, 1.54) is 25.0 Å². The number of alkyl halides is 3. The van der Waals surface area contributed by atoms with E-state index in [1.807, 2.05) is 0 Å². The summed E-state index contributed by atoms with van der Waals surface area (Å²) in [7, 11) is 0. The van der Waals surface area contributed by atoms with Crippen LogP contribution in [0.2, 0.25) is 0 Å². The van der Waals surface area contributed by atoms with Crippen LogP contribution in [0.5, 0.6) is 5.75 Å². The third kappa shape index (κ3) is 7.85. The summed E-state index contributed by atoms with van der Waals surface area (Å²) in [6, 6.07) is 5.04. The number of carbonyl (C=O) groups is 1. The minimum absolute atomic E-state index is 0. The third-order valence-electron chi connectivity index (χ3n) is 3.46. The first-order valence-electron chi connectivity index (χ1n) is 7.51. The number of rotatable bonds is 7. The molecule has 0 saturated carbocycles. The molecular formula is C15H21ClF3N3O2. The normalized spacial score (nSPS) is 15.0. The SMILES string of the molecule is Cl.O=C(CNCCN1CCCC1)Nc1ccc(OC(F)(F)F)cc1. The molecule has 136 valence electrons. The largest absolute Gasteiger partial charge is 0.573 e. The van der Waals surface area contributed by atoms with Gasteiger partial charge in [0, 0.05) is 18.8 Å². The average Bonchev–Trinajstić information content (AvgIpc) is 2.97. The summed E-state index contributed by atoms with van der Waals surface area (Å²) < 4.78 is 39.9. The van der Waals surface area contributed by atoms with Crippen LogP contribution in [0.4, 0.5) is 18.9 Å². The van der Waals surface area contributed by atoms with Gasteiger partial charge < -0.3 is 20.3 Å². The van der Waals surface area contributed by atoms with Gasteiger partial charge >= 0.3 is 6.36 Å². The highest BCUT2D eigenvalue weighted by atomic mass is 35.5. The number of amides is 1. The Morgan fingerprint density at radius 2 is 1.79 bits per heavy atom. The summed E-state index contributed by atoms with van der Waals surface area (Å²) in [6.07, 6.45) is -2.26. The second-order valence-corrected chi connectivity index (χ2v) is 5.35. The number of hydrogen-bond donors (Lipinski definition) is 2. The van der Waals surface area contributed by atoms with E-state index in [0.717, 1.165) is 38.3 Å². The maximum Gasteiger partial charge on any atom is 0.573 e. The fourth-order valence-electron chi connectivity index (χ4n) is 2.39. The van der Waals surface area contributed by atoms with E-state index in [2.05, 4.69) is 20.3 Å². The molecule has 9 heteroatoms. The van der Waals surface area contributed by atoms with Crippen LogP contribution >= 0.6 is 12.4 Å². The number of halogens is 4. The van der Waals surface area contributed by atoms with Gasteiger partial charge in [-0.05, 0) is 50.2 Å². The van der Waals surface area contributed by atoms with Crippen LogP contribution in [0.15, 0.2) is 24.3 Å². The van der Waals surface area contributed by atoms with Gasteiger partial charge in [-0.15, -0.1) is 25.6 Å². The predicted octanol–water partition coefficient (Wildman–Crippen LogP) is 2.63. The van der Waals surface area contributed by atoms with Crippen molar-refractivity contribution in [2.45, 2.75) is 19.2 Å². The summed E-state index contributed by atoms with van der Waals surface area (Å²) in [5.41, 5.74) is 0.422. The molecule has 0 aromatic heterocycles. The van der Waals surface area contributed by atoms with E-state index in [4.69, 9.17) is 0 Å². The Morgan fingerprint density at radius 1 is 1.17 bits per heavy atom. The first-order chi connectivity index (χ1) is 10.9. The van der Waals surface area contributed by atoms with Gasteiger partial charge in [-0.1, -0.05) is 0 Å². The summed E-state index contributed by atoms with van der Waals surface area (Å²) in [5, 5.41) is 5.66. The van der Waals surface area contributed by atoms with Crippen LogP contribution in [-0.4, -0.2) is 49.9 Å². The van der Waals surface area contributed by atoms with Crippen molar-refractivity contribution in [3.05, 3.63) is 24.3 Å². The van der Waals surface area contributed by atoms with Crippen LogP contribution in [-0.2, 0) is 4.79 Å². The molecule has 1 saturated heterocycles. The summed E-state index contributed by atoms with van der Waals surface area (Å²) >= 11 is 0. The van der Waals surface area contributed by atoms with Crippen molar-refractivity contribution in [1.82, 2.24) is 10.2 Å². The highest BCUT2D eigenvalue weighted by molar-refractivity contribution is 5.92. The molecule has 0 atom stereocenters. The van der Waals surface area contributed by atoms with Crippen LogP contribution in [0.3, 0.4) is 0 Å². The lowest BCUT2D eigenvalue weighted by Crippen LogP contribution is -2.34. The topological polar surface area (TPSA) is 53.6 Å². The number of hydrogen-bond acceptors (Lipinski definition) is 4. The molecule has 1 amide bonds. The van der Waals surface area contributed by atoms with Gasteiger partial charge in [0.15, 0.2) is 0 Å². The smallest absolute Gasteiger partial charge is 0.406 e. The number of anilines is 1. The molecule has 0 aliphatic carbocycles. The number of nitrogens with zero attached hydrogens (tertiary/aromatic N) is 1. The van der Waals surface area contributed by atoms with E-state index in [1.54, 1.807) is 0 Å². The molecule has 0 bridgehead atoms. The molecule has 1 aliphatic rings. The van der Waals surface area contributed by atoms with E-state index in [-0.39, 0.29) is 30.6 Å². The highest BCUT2D eigenvalue weighted by Gasteiger charge is 2.30. The lowest BCUT2D eigenvalue weighted by molar-refractivity contribution is -0.274. The van der Waals surface area contributed by atoms with Gasteiger partial charge in [-0.3, -0.25) is 4.79 Å². The quantitative estimate of drug-likeness (QED) is 0.727. The molecular weight excluding hydrogens is 347 g/mol. The Kier molecular flexibility index (Phi) is 8.30. The van der Waals surface area contributed by atoms with Gasteiger partial charge in [0.1, 0.15) is 5.75 Å². The zero-order valence-electron chi connectivity index (χ0n) is 13.1. The zero-order valence-corrected chi connectivity index (χ0v) is 13.9. The minimum atomic E-state index is -4.72. The number of carbonyl (C=O) groups excluding carboxylic acids is 1. The monoisotopic (exact) mass is 367 g/mol. The zero-order chi connectivity index (χ0) is 16.7. The van der Waals surface area contributed by atoms with Gasteiger partial charge in [0.2, 0.25) is 5.91 Å². The Morgan fingerprint density at radius 3 is 2.38 bits per heavy atom. The Bertz CT molecular complexity index is 506. The Balaban J connectivity index is 0.00000288. The lowest BCUT2D eigenvalue weighted by Gasteiger charge is -2.14. The van der Waals surface area contributed by atoms with Crippen molar-refractivity contribution in [2.24, 2.45) is 0 Å². The first kappa shape index (κ1) is 20.5. The standard InChI is InChI=1S/C15H20F3N3O2.ClH/c16-15(17,18)23-13-5-3-12(4-6-13)20-14(22)11-19-7-10-21-8-1-2-9-21;/h3-6,19H,1-2,7-11H2,(H,20,22);1H. The molecule has 1 aromatic carbocycles. The van der Waals surface area contributed by atoms with Crippen molar-refractivity contribution in [2.75, 3.05) is 38.0 Å². The van der Waals surface area contributed by atoms with Crippen molar-refractivity contribution in [3.8, 4) is 5.75 Å². The number of nitrogens with one attached hydrogen (secondary N) is 2. The van der Waals surface area contributed by atoms with Gasteiger partial charge in [0.25, 0.3) is 0 Å². The van der Waals surface area contributed by atoms with Crippen molar-refractivity contribution >= 4 is 24.0 Å². The Labute approximate surface area is 144 Å². The average molecular weight is 368 g/mol. The van der Waals surface area contributed by atoms with Crippen LogP contribution in [0.1, 0.15) is 12.8 Å². The maximum atomic E-state index is 12.0. The Hall–Kier alpha value is -1.51. The van der Waals surface area contributed by atoms with Crippen molar-refractivity contribution in [1.29, 1.82) is 0 Å². The van der Waals surface area contributed by atoms with Crippen molar-refractivity contribution in [3.63, 3.8) is 0 Å². The van der Waals surface area contributed by atoms with Crippen LogP contribution < -0.4 is 15.4 Å². The number of ether oxygens (including phenoxy) is 1. The van der Waals surface area contributed by atoms with E-state index >= 15 is 0 Å². The molecule has 1 fully saturated rings. The molecule has 0 unspecified atom stereocenters. The van der Waals surface area contributed by atoms with Crippen LogP contribution in [0.25, 0.3) is 0 Å². The van der Waals surface area contributed by atoms with Gasteiger partial charge in [-0.2, -0.15) is 0 Å². The van der Waals surface area contributed by atoms with Crippen molar-refractivity contribution < 1.29 is 22.7 Å². The third-order valence-corrected chi connectivity index (χ3v) is 3.46. The molecule has 2 rings (SSSR count). The minimum Gasteiger partial charge on any atom is -0.406 e. The number of likely N-dealkylation sites (tertiary alicyclic amines) is 1. The summed E-state index contributed by atoms with van der Waals surface area (Å²) in [5.74, 6) is -0.560. The van der Waals surface area contributed by atoms with E-state index in [0.29, 0.717) is 5.69 Å². The second kappa shape index (κ2) is 9.71. The lowest BCUT2D eigenvalue weighted by atomic mass is 10.3. The molecule has 2 N–H and O–H groups in total. The van der Waals surface area contributed by atoms with Gasteiger partial charge in [0.05, 0.1) is 6.54 Å². The summed E-state index contributed by atoms with van der Waals surface area (Å²) in [6.45, 7) is 4.03. The predicted molar refractivity (Wildman–Crippen MR) is 87.5 cm³/mol. The molecule has 1 aliphatic heterocycles. The van der Waals surface area contributed by atoms with E-state index in [9.17, 15) is 18.0 Å². The molecule has 1 aromatic rings. The van der Waals surface area contributed by atoms with E-state index < -0.39 is 6.36 Å². The fraction of sp³-hybridized carbons (Fsp3) is 0.533. The molecule has 0 spiro atoms. The number of benzene rings is 1. The molecule has 5 nitrogen and oxygen atoms in total. The molecule has 24 heavy (non-hydrogen) atoms.